The Labute approximate surface area is 145 Å². The molecule has 0 aromatic carbocycles. The van der Waals surface area contributed by atoms with Gasteiger partial charge in [0.05, 0.1) is 13.2 Å². The van der Waals surface area contributed by atoms with E-state index in [-0.39, 0.29) is 17.9 Å². The second-order valence-electron chi connectivity index (χ2n) is 6.53. The maximum absolute atomic E-state index is 12.8. The van der Waals surface area contributed by atoms with Gasteiger partial charge in [-0.3, -0.25) is 9.89 Å². The van der Waals surface area contributed by atoms with Gasteiger partial charge in [0.2, 0.25) is 5.91 Å². The van der Waals surface area contributed by atoms with E-state index in [1.54, 1.807) is 0 Å². The van der Waals surface area contributed by atoms with Gasteiger partial charge >= 0.3 is 0 Å². The number of thiophene rings is 1. The first-order chi connectivity index (χ1) is 11.7. The summed E-state index contributed by atoms with van der Waals surface area (Å²) < 4.78 is 5.78. The van der Waals surface area contributed by atoms with Crippen LogP contribution in [0.15, 0.2) is 12.1 Å². The van der Waals surface area contributed by atoms with Gasteiger partial charge in [0.1, 0.15) is 11.9 Å². The minimum Gasteiger partial charge on any atom is -0.366 e. The number of ether oxygens (including phenoxy) is 1. The monoisotopic (exact) mass is 346 g/mol. The van der Waals surface area contributed by atoms with Gasteiger partial charge in [-0.1, -0.05) is 6.92 Å². The van der Waals surface area contributed by atoms with Gasteiger partial charge in [-0.2, -0.15) is 5.10 Å². The largest absolute Gasteiger partial charge is 0.366 e. The van der Waals surface area contributed by atoms with Crippen LogP contribution >= 0.6 is 11.3 Å². The number of aromatic amines is 1. The normalized spacial score (nSPS) is 26.6. The lowest BCUT2D eigenvalue weighted by molar-refractivity contribution is -0.140. The molecule has 1 amide bonds. The van der Waals surface area contributed by atoms with E-state index >= 15 is 0 Å². The number of amides is 1. The lowest BCUT2D eigenvalue weighted by atomic mass is 10.2. The average molecular weight is 346 g/mol. The summed E-state index contributed by atoms with van der Waals surface area (Å²) in [6, 6.07) is 4.30. The SMILES string of the molecule is CCc1nc([C@@H]2CN(C(=O)[C@@H]3C[C@H]3c3ccc(C)s3)CCO2)n[nH]1. The molecule has 128 valence electrons. The fourth-order valence-corrected chi connectivity index (χ4v) is 4.34. The zero-order valence-electron chi connectivity index (χ0n) is 14.0. The Kier molecular flexibility index (Phi) is 4.14. The molecule has 1 aliphatic carbocycles. The number of hydrogen-bond donors (Lipinski definition) is 1. The molecular formula is C17H22N4O2S. The van der Waals surface area contributed by atoms with Crippen LogP contribution in [0.3, 0.4) is 0 Å². The smallest absolute Gasteiger partial charge is 0.226 e. The molecule has 7 heteroatoms. The first-order valence-corrected chi connectivity index (χ1v) is 9.35. The highest BCUT2D eigenvalue weighted by molar-refractivity contribution is 7.12. The number of aryl methyl sites for hydroxylation is 2. The molecule has 2 aliphatic rings. The first kappa shape index (κ1) is 15.8. The predicted octanol–water partition coefficient (Wildman–Crippen LogP) is 2.44. The van der Waals surface area contributed by atoms with Crippen molar-refractivity contribution in [3.05, 3.63) is 33.5 Å². The first-order valence-electron chi connectivity index (χ1n) is 8.53. The molecule has 4 rings (SSSR count). The third-order valence-corrected chi connectivity index (χ3v) is 5.92. The van der Waals surface area contributed by atoms with Crippen molar-refractivity contribution in [2.24, 2.45) is 5.92 Å². The molecule has 24 heavy (non-hydrogen) atoms. The second kappa shape index (κ2) is 6.29. The van der Waals surface area contributed by atoms with Crippen LogP contribution in [-0.4, -0.2) is 45.7 Å². The number of carbonyl (C=O) groups excluding carboxylic acids is 1. The fraction of sp³-hybridized carbons (Fsp3) is 0.588. The van der Waals surface area contributed by atoms with Crippen molar-refractivity contribution < 1.29 is 9.53 Å². The van der Waals surface area contributed by atoms with Crippen molar-refractivity contribution in [1.29, 1.82) is 0 Å². The molecule has 1 saturated carbocycles. The zero-order chi connectivity index (χ0) is 16.7. The number of nitrogens with one attached hydrogen (secondary N) is 1. The van der Waals surface area contributed by atoms with Crippen molar-refractivity contribution in [2.75, 3.05) is 19.7 Å². The van der Waals surface area contributed by atoms with Crippen molar-refractivity contribution in [3.63, 3.8) is 0 Å². The van der Waals surface area contributed by atoms with Crippen LogP contribution in [0.5, 0.6) is 0 Å². The molecule has 0 radical (unpaired) electrons. The highest BCUT2D eigenvalue weighted by Crippen LogP contribution is 2.50. The molecule has 2 aromatic heterocycles. The number of carbonyl (C=O) groups is 1. The number of hydrogen-bond acceptors (Lipinski definition) is 5. The van der Waals surface area contributed by atoms with Crippen LogP contribution in [0.4, 0.5) is 0 Å². The molecule has 2 aromatic rings. The van der Waals surface area contributed by atoms with E-state index < -0.39 is 0 Å². The summed E-state index contributed by atoms with van der Waals surface area (Å²) >= 11 is 1.81. The molecule has 3 atom stereocenters. The van der Waals surface area contributed by atoms with Crippen LogP contribution in [0, 0.1) is 12.8 Å². The average Bonchev–Trinajstić information content (AvgIpc) is 3.04. The van der Waals surface area contributed by atoms with Crippen LogP contribution in [0.1, 0.15) is 46.8 Å². The molecule has 1 N–H and O–H groups in total. The van der Waals surface area contributed by atoms with Crippen molar-refractivity contribution in [2.45, 2.75) is 38.7 Å². The minimum atomic E-state index is -0.222. The van der Waals surface area contributed by atoms with Gasteiger partial charge in [0.25, 0.3) is 0 Å². The van der Waals surface area contributed by atoms with E-state index in [4.69, 9.17) is 4.74 Å². The Morgan fingerprint density at radius 2 is 2.38 bits per heavy atom. The summed E-state index contributed by atoms with van der Waals surface area (Å²) in [6.45, 7) is 5.89. The van der Waals surface area contributed by atoms with E-state index in [1.807, 2.05) is 23.2 Å². The third kappa shape index (κ3) is 2.98. The minimum absolute atomic E-state index is 0.139. The number of morpholine rings is 1. The molecule has 0 spiro atoms. The van der Waals surface area contributed by atoms with Crippen molar-refractivity contribution >= 4 is 17.2 Å². The van der Waals surface area contributed by atoms with Crippen LogP contribution in [0.2, 0.25) is 0 Å². The van der Waals surface area contributed by atoms with Gasteiger partial charge in [0, 0.05) is 34.6 Å². The molecule has 0 unspecified atom stereocenters. The summed E-state index contributed by atoms with van der Waals surface area (Å²) in [5, 5.41) is 7.15. The molecule has 6 nitrogen and oxygen atoms in total. The third-order valence-electron chi connectivity index (χ3n) is 4.78. The topological polar surface area (TPSA) is 71.1 Å². The standard InChI is InChI=1S/C17H22N4O2S/c1-3-15-18-16(20-19-15)13-9-21(6-7-23-13)17(22)12-8-11(12)14-5-4-10(2)24-14/h4-5,11-13H,3,6-9H2,1-2H3,(H,18,19,20)/t11-,12-,13+/m1/s1. The number of nitrogens with zero attached hydrogens (tertiary/aromatic N) is 3. The van der Waals surface area contributed by atoms with E-state index in [0.717, 1.165) is 18.7 Å². The highest BCUT2D eigenvalue weighted by atomic mass is 32.1. The lowest BCUT2D eigenvalue weighted by Crippen LogP contribution is -2.43. The van der Waals surface area contributed by atoms with E-state index in [0.29, 0.717) is 31.4 Å². The fourth-order valence-electron chi connectivity index (χ4n) is 3.29. The Bertz CT molecular complexity index is 741. The number of aromatic nitrogens is 3. The summed E-state index contributed by atoms with van der Waals surface area (Å²) in [4.78, 5) is 21.8. The molecule has 3 heterocycles. The second-order valence-corrected chi connectivity index (χ2v) is 7.85. The molecule has 1 saturated heterocycles. The maximum Gasteiger partial charge on any atom is 0.226 e. The highest BCUT2D eigenvalue weighted by Gasteiger charge is 2.47. The molecule has 0 bridgehead atoms. The van der Waals surface area contributed by atoms with Crippen LogP contribution < -0.4 is 0 Å². The summed E-state index contributed by atoms with van der Waals surface area (Å²) in [5.74, 6) is 2.32. The Balaban J connectivity index is 1.40. The Morgan fingerprint density at radius 1 is 1.50 bits per heavy atom. The molecular weight excluding hydrogens is 324 g/mol. The quantitative estimate of drug-likeness (QED) is 0.923. The van der Waals surface area contributed by atoms with E-state index in [2.05, 4.69) is 34.2 Å². The zero-order valence-corrected chi connectivity index (χ0v) is 14.8. The number of rotatable bonds is 4. The van der Waals surface area contributed by atoms with E-state index in [9.17, 15) is 4.79 Å². The summed E-state index contributed by atoms with van der Waals surface area (Å²) in [5.41, 5.74) is 0. The number of H-pyrrole nitrogens is 1. The van der Waals surface area contributed by atoms with Gasteiger partial charge in [-0.15, -0.1) is 11.3 Å². The summed E-state index contributed by atoms with van der Waals surface area (Å²) in [6.07, 6.45) is 1.56. The van der Waals surface area contributed by atoms with Gasteiger partial charge in [0.15, 0.2) is 5.82 Å². The Hall–Kier alpha value is -1.73. The van der Waals surface area contributed by atoms with Crippen LogP contribution in [-0.2, 0) is 16.0 Å². The maximum atomic E-state index is 12.8. The van der Waals surface area contributed by atoms with E-state index in [1.165, 1.54) is 9.75 Å². The van der Waals surface area contributed by atoms with Gasteiger partial charge < -0.3 is 9.64 Å². The lowest BCUT2D eigenvalue weighted by Gasteiger charge is -2.31. The van der Waals surface area contributed by atoms with Crippen LogP contribution in [0.25, 0.3) is 0 Å². The van der Waals surface area contributed by atoms with Gasteiger partial charge in [-0.25, -0.2) is 4.98 Å². The summed E-state index contributed by atoms with van der Waals surface area (Å²) in [7, 11) is 0. The molecule has 1 aliphatic heterocycles. The molecule has 2 fully saturated rings. The van der Waals surface area contributed by atoms with Crippen molar-refractivity contribution in [3.8, 4) is 0 Å². The van der Waals surface area contributed by atoms with Crippen molar-refractivity contribution in [1.82, 2.24) is 20.1 Å². The predicted molar refractivity (Wildman–Crippen MR) is 90.9 cm³/mol. The van der Waals surface area contributed by atoms with Gasteiger partial charge in [-0.05, 0) is 25.5 Å². The Morgan fingerprint density at radius 3 is 3.08 bits per heavy atom.